The van der Waals surface area contributed by atoms with Crippen LogP contribution < -0.4 is 0 Å². The molecule has 1 rings (SSSR count). The van der Waals surface area contributed by atoms with E-state index in [4.69, 9.17) is 4.55 Å². The average Bonchev–Trinajstić information content (AvgIpc) is 2.41. The molecule has 25 heavy (non-hydrogen) atoms. The van der Waals surface area contributed by atoms with E-state index in [9.17, 15) is 43.5 Å². The summed E-state index contributed by atoms with van der Waals surface area (Å²) in [5.41, 5.74) is -3.66. The van der Waals surface area contributed by atoms with Crippen LogP contribution in [-0.2, 0) is 14.9 Å². The molecule has 0 aromatic carbocycles. The van der Waals surface area contributed by atoms with Gasteiger partial charge >= 0.3 is 27.7 Å². The molecule has 13 heteroatoms. The second-order valence-electron chi connectivity index (χ2n) is 6.02. The molecule has 1 aliphatic carbocycles. The van der Waals surface area contributed by atoms with E-state index in [0.29, 0.717) is 6.42 Å². The van der Waals surface area contributed by atoms with Crippen molar-refractivity contribution in [3.8, 4) is 0 Å². The van der Waals surface area contributed by atoms with Gasteiger partial charge in [-0.05, 0) is 25.7 Å². The van der Waals surface area contributed by atoms with Gasteiger partial charge in [0, 0.05) is 0 Å². The maximum Gasteiger partial charge on any atom is 0.421 e. The molecule has 0 aliphatic heterocycles. The summed E-state index contributed by atoms with van der Waals surface area (Å²) in [6.07, 6.45) is -15.8. The molecule has 150 valence electrons. The second-order valence-corrected chi connectivity index (χ2v) is 7.51. The van der Waals surface area contributed by atoms with E-state index in [-0.39, 0.29) is 32.6 Å². The highest BCUT2D eigenvalue weighted by atomic mass is 32.2. The van der Waals surface area contributed by atoms with Gasteiger partial charge in [-0.2, -0.15) is 43.5 Å². The van der Waals surface area contributed by atoms with E-state index in [1.165, 1.54) is 0 Å². The third-order valence-corrected chi connectivity index (χ3v) is 5.16. The van der Waals surface area contributed by atoms with E-state index in [0.717, 1.165) is 0 Å². The zero-order valence-electron chi connectivity index (χ0n) is 12.8. The molecule has 0 amide bonds. The van der Waals surface area contributed by atoms with E-state index in [1.807, 2.05) is 0 Å². The number of halogens is 8. The first kappa shape index (κ1) is 22.4. The fourth-order valence-electron chi connectivity index (χ4n) is 2.75. The monoisotopic (exact) mass is 408 g/mol. The lowest BCUT2D eigenvalue weighted by atomic mass is 9.77. The molecule has 1 fully saturated rings. The SMILES string of the molecule is CC(OC(C(F)(F)F)C(F)(F)S(=O)(=O)O)(C1CCCCC1)C(F)(F)F. The minimum absolute atomic E-state index is 0.182. The number of ether oxygens (including phenoxy) is 1. The Kier molecular flexibility index (Phi) is 6.08. The van der Waals surface area contributed by atoms with Crippen LogP contribution in [0, 0.1) is 5.92 Å². The van der Waals surface area contributed by atoms with Gasteiger partial charge in [-0.15, -0.1) is 0 Å². The fraction of sp³-hybridized carbons (Fsp3) is 1.00. The van der Waals surface area contributed by atoms with Crippen molar-refractivity contribution in [2.45, 2.75) is 68.3 Å². The van der Waals surface area contributed by atoms with Gasteiger partial charge in [0.1, 0.15) is 0 Å². The fourth-order valence-corrected chi connectivity index (χ4v) is 3.21. The largest absolute Gasteiger partial charge is 0.421 e. The normalized spacial score (nSPS) is 22.5. The van der Waals surface area contributed by atoms with Crippen LogP contribution in [0.15, 0.2) is 0 Å². The third-order valence-electron chi connectivity index (χ3n) is 4.26. The van der Waals surface area contributed by atoms with Crippen LogP contribution in [-0.4, -0.2) is 42.3 Å². The smallest absolute Gasteiger partial charge is 0.346 e. The van der Waals surface area contributed by atoms with E-state index in [2.05, 4.69) is 4.74 Å². The van der Waals surface area contributed by atoms with Gasteiger partial charge in [-0.1, -0.05) is 19.3 Å². The molecule has 2 unspecified atom stereocenters. The molecule has 0 heterocycles. The maximum atomic E-state index is 13.5. The van der Waals surface area contributed by atoms with Crippen LogP contribution in [0.25, 0.3) is 0 Å². The maximum absolute atomic E-state index is 13.5. The van der Waals surface area contributed by atoms with Gasteiger partial charge in [-0.3, -0.25) is 4.55 Å². The molecule has 2 atom stereocenters. The van der Waals surface area contributed by atoms with Crippen molar-refractivity contribution in [3.63, 3.8) is 0 Å². The van der Waals surface area contributed by atoms with Crippen molar-refractivity contribution in [2.75, 3.05) is 0 Å². The van der Waals surface area contributed by atoms with E-state index >= 15 is 0 Å². The van der Waals surface area contributed by atoms with Crippen molar-refractivity contribution in [1.82, 2.24) is 0 Å². The summed E-state index contributed by atoms with van der Waals surface area (Å²) in [7, 11) is -6.68. The molecule has 0 aromatic rings. The third kappa shape index (κ3) is 4.54. The predicted molar refractivity (Wildman–Crippen MR) is 68.5 cm³/mol. The summed E-state index contributed by atoms with van der Waals surface area (Å²) in [4.78, 5) is 0. The Hall–Kier alpha value is -0.690. The van der Waals surface area contributed by atoms with Gasteiger partial charge in [0.2, 0.25) is 6.10 Å². The average molecular weight is 408 g/mol. The molecule has 1 N–H and O–H groups in total. The molecule has 0 radical (unpaired) electrons. The van der Waals surface area contributed by atoms with Crippen LogP contribution in [0.3, 0.4) is 0 Å². The molecule has 0 aromatic heterocycles. The van der Waals surface area contributed by atoms with E-state index in [1.54, 1.807) is 0 Å². The van der Waals surface area contributed by atoms with Crippen LogP contribution in [0.2, 0.25) is 0 Å². The van der Waals surface area contributed by atoms with Crippen molar-refractivity contribution in [3.05, 3.63) is 0 Å². The van der Waals surface area contributed by atoms with Crippen molar-refractivity contribution < 1.29 is 52.8 Å². The van der Waals surface area contributed by atoms with Crippen LogP contribution in [0.4, 0.5) is 35.1 Å². The van der Waals surface area contributed by atoms with Crippen LogP contribution in [0.1, 0.15) is 39.0 Å². The topological polar surface area (TPSA) is 63.6 Å². The van der Waals surface area contributed by atoms with Crippen LogP contribution >= 0.6 is 0 Å². The highest BCUT2D eigenvalue weighted by Crippen LogP contribution is 2.49. The lowest BCUT2D eigenvalue weighted by Crippen LogP contribution is -2.61. The zero-order valence-corrected chi connectivity index (χ0v) is 13.6. The Morgan fingerprint density at radius 2 is 1.40 bits per heavy atom. The van der Waals surface area contributed by atoms with Crippen molar-refractivity contribution in [1.29, 1.82) is 0 Å². The van der Waals surface area contributed by atoms with E-state index < -0.39 is 45.3 Å². The molecule has 0 spiro atoms. The van der Waals surface area contributed by atoms with Gasteiger partial charge < -0.3 is 4.74 Å². The lowest BCUT2D eigenvalue weighted by Gasteiger charge is -2.43. The van der Waals surface area contributed by atoms with Gasteiger partial charge in [0.05, 0.1) is 0 Å². The summed E-state index contributed by atoms with van der Waals surface area (Å²) >= 11 is 0. The Labute approximate surface area is 138 Å². The highest BCUT2D eigenvalue weighted by molar-refractivity contribution is 7.86. The summed E-state index contributed by atoms with van der Waals surface area (Å²) in [6, 6.07) is 0. The Morgan fingerprint density at radius 1 is 0.960 bits per heavy atom. The summed E-state index contributed by atoms with van der Waals surface area (Å²) in [5, 5.41) is -6.01. The number of alkyl halides is 8. The highest BCUT2D eigenvalue weighted by Gasteiger charge is 2.69. The number of hydrogen-bond donors (Lipinski definition) is 1. The summed E-state index contributed by atoms with van der Waals surface area (Å²) in [6.45, 7) is 0.182. The first-order valence-corrected chi connectivity index (χ1v) is 8.54. The number of rotatable bonds is 5. The molecule has 1 aliphatic rings. The first-order chi connectivity index (χ1) is 10.9. The van der Waals surface area contributed by atoms with Gasteiger partial charge in [0.25, 0.3) is 0 Å². The molecular formula is C12H16F8O4S. The molecule has 0 bridgehead atoms. The zero-order chi connectivity index (χ0) is 19.9. The minimum atomic E-state index is -6.68. The first-order valence-electron chi connectivity index (χ1n) is 7.10. The van der Waals surface area contributed by atoms with Gasteiger partial charge in [0.15, 0.2) is 5.60 Å². The molecule has 1 saturated carbocycles. The predicted octanol–water partition coefficient (Wildman–Crippen LogP) is 4.32. The quantitative estimate of drug-likeness (QED) is 0.544. The Bertz CT molecular complexity index is 565. The minimum Gasteiger partial charge on any atom is -0.346 e. The molecular weight excluding hydrogens is 392 g/mol. The summed E-state index contributed by atoms with van der Waals surface area (Å²) in [5.74, 6) is -1.57. The molecule has 4 nitrogen and oxygen atoms in total. The van der Waals surface area contributed by atoms with Crippen molar-refractivity contribution >= 4 is 10.1 Å². The second kappa shape index (κ2) is 6.80. The Morgan fingerprint density at radius 3 is 1.72 bits per heavy atom. The van der Waals surface area contributed by atoms with Crippen molar-refractivity contribution in [2.24, 2.45) is 5.92 Å². The molecule has 0 saturated heterocycles. The van der Waals surface area contributed by atoms with Gasteiger partial charge in [-0.25, -0.2) is 0 Å². The summed E-state index contributed by atoms with van der Waals surface area (Å²) < 4.78 is 139. The Balaban J connectivity index is 3.39. The van der Waals surface area contributed by atoms with Crippen LogP contribution in [0.5, 0.6) is 0 Å². The number of hydrogen-bond acceptors (Lipinski definition) is 3. The standard InChI is InChI=1S/C12H16F8O4S/c1-9(12(18,19)20,7-5-3-2-4-6-7)24-8(10(13,14)15)11(16,17)25(21,22)23/h7-8H,2-6H2,1H3,(H,21,22,23). The lowest BCUT2D eigenvalue weighted by molar-refractivity contribution is -0.360.